The topological polar surface area (TPSA) is 101 Å². The van der Waals surface area contributed by atoms with Gasteiger partial charge in [0.2, 0.25) is 9.47 Å². The van der Waals surface area contributed by atoms with Crippen molar-refractivity contribution in [2.45, 2.75) is 30.6 Å². The summed E-state index contributed by atoms with van der Waals surface area (Å²) in [5.74, 6) is -0.377. The Morgan fingerprint density at radius 1 is 1.07 bits per heavy atom. The molecule has 0 saturated carbocycles. The van der Waals surface area contributed by atoms with Crippen LogP contribution < -0.4 is 10.0 Å². The van der Waals surface area contributed by atoms with Crippen LogP contribution in [0.3, 0.4) is 0 Å². The number of anilines is 1. The smallest absolute Gasteiger partial charge is 0.270 e. The molecular weight excluding hydrogens is 396 g/mol. The van der Waals surface area contributed by atoms with E-state index in [0.717, 1.165) is 23.3 Å². The molecule has 3 rings (SSSR count). The van der Waals surface area contributed by atoms with Crippen molar-refractivity contribution in [2.75, 3.05) is 5.32 Å². The van der Waals surface area contributed by atoms with Gasteiger partial charge in [-0.25, -0.2) is 13.1 Å². The second-order valence-electron chi connectivity index (χ2n) is 6.13. The van der Waals surface area contributed by atoms with Crippen LogP contribution in [0, 0.1) is 0 Å². The third-order valence-corrected chi connectivity index (χ3v) is 6.86. The van der Waals surface area contributed by atoms with Gasteiger partial charge in [0.25, 0.3) is 15.9 Å². The summed E-state index contributed by atoms with van der Waals surface area (Å²) in [6.07, 6.45) is 0.919. The summed E-state index contributed by atoms with van der Waals surface area (Å²) in [6.45, 7) is 3.82. The summed E-state index contributed by atoms with van der Waals surface area (Å²) >= 11 is 0.801. The number of benzene rings is 2. The van der Waals surface area contributed by atoms with Crippen LogP contribution in [0.1, 0.15) is 41.4 Å². The first-order valence-corrected chi connectivity index (χ1v) is 11.0. The average Bonchev–Trinajstić information content (AvgIpc) is 3.18. The zero-order valence-corrected chi connectivity index (χ0v) is 17.0. The predicted molar refractivity (Wildman–Crippen MR) is 109 cm³/mol. The number of rotatable bonds is 7. The van der Waals surface area contributed by atoms with E-state index in [0.29, 0.717) is 5.56 Å². The third kappa shape index (κ3) is 4.80. The molecule has 28 heavy (non-hydrogen) atoms. The molecule has 1 atom stereocenters. The molecule has 2 aromatic carbocycles. The minimum Gasteiger partial charge on any atom is -0.296 e. The Kier molecular flexibility index (Phi) is 6.18. The van der Waals surface area contributed by atoms with Crippen LogP contribution in [-0.2, 0) is 16.4 Å². The van der Waals surface area contributed by atoms with Gasteiger partial charge in [-0.2, -0.15) is 0 Å². The van der Waals surface area contributed by atoms with Crippen LogP contribution in [0.4, 0.5) is 5.13 Å². The van der Waals surface area contributed by atoms with Gasteiger partial charge in [0.05, 0.1) is 0 Å². The number of hydrogen-bond acceptors (Lipinski definition) is 6. The molecule has 1 amide bonds. The number of nitrogens with zero attached hydrogens (tertiary/aromatic N) is 2. The lowest BCUT2D eigenvalue weighted by atomic mass is 10.1. The van der Waals surface area contributed by atoms with Crippen molar-refractivity contribution in [3.8, 4) is 0 Å². The number of carbonyl (C=O) groups is 1. The van der Waals surface area contributed by atoms with Crippen molar-refractivity contribution < 1.29 is 13.2 Å². The maximum absolute atomic E-state index is 12.6. The molecule has 9 heteroatoms. The minimum absolute atomic E-state index is 0.120. The number of amides is 1. The van der Waals surface area contributed by atoms with Gasteiger partial charge in [0.15, 0.2) is 0 Å². The zero-order valence-electron chi connectivity index (χ0n) is 15.4. The summed E-state index contributed by atoms with van der Waals surface area (Å²) in [4.78, 5) is 12.2. The molecule has 1 heterocycles. The standard InChI is InChI=1S/C19H20N4O3S2/c1-3-14-9-11-15(12-10-14)13(2)23-28(25,26)19-22-21-18(27-19)20-17(24)16-7-5-4-6-8-16/h4-13,23H,3H2,1-2H3,(H,20,21,24)/t13-/m1/s1. The predicted octanol–water partition coefficient (Wildman–Crippen LogP) is 3.39. The molecule has 7 nitrogen and oxygen atoms in total. The fraction of sp³-hybridized carbons (Fsp3) is 0.211. The first-order chi connectivity index (χ1) is 13.4. The van der Waals surface area contributed by atoms with Crippen LogP contribution in [-0.4, -0.2) is 24.5 Å². The van der Waals surface area contributed by atoms with Crippen LogP contribution in [0.2, 0.25) is 0 Å². The molecule has 0 aliphatic rings. The van der Waals surface area contributed by atoms with Gasteiger partial charge in [-0.05, 0) is 36.6 Å². The highest BCUT2D eigenvalue weighted by Gasteiger charge is 2.23. The number of nitrogens with one attached hydrogen (secondary N) is 2. The van der Waals surface area contributed by atoms with Gasteiger partial charge in [-0.1, -0.05) is 60.7 Å². The van der Waals surface area contributed by atoms with E-state index in [4.69, 9.17) is 0 Å². The maximum Gasteiger partial charge on any atom is 0.270 e. The van der Waals surface area contributed by atoms with Crippen LogP contribution >= 0.6 is 11.3 Å². The highest BCUT2D eigenvalue weighted by molar-refractivity contribution is 7.91. The number of sulfonamides is 1. The SMILES string of the molecule is CCc1ccc([C@@H](C)NS(=O)(=O)c2nnc(NC(=O)c3ccccc3)s2)cc1. The van der Waals surface area contributed by atoms with E-state index < -0.39 is 16.1 Å². The van der Waals surface area contributed by atoms with Gasteiger partial charge in [-0.3, -0.25) is 10.1 Å². The first kappa shape index (κ1) is 20.1. The minimum atomic E-state index is -3.86. The normalized spacial score (nSPS) is 12.5. The highest BCUT2D eigenvalue weighted by Crippen LogP contribution is 2.23. The van der Waals surface area contributed by atoms with Crippen molar-refractivity contribution >= 4 is 32.4 Å². The second kappa shape index (κ2) is 8.59. The molecule has 0 aliphatic heterocycles. The van der Waals surface area contributed by atoms with E-state index in [9.17, 15) is 13.2 Å². The van der Waals surface area contributed by atoms with Crippen LogP contribution in [0.5, 0.6) is 0 Å². The van der Waals surface area contributed by atoms with Gasteiger partial charge in [-0.15, -0.1) is 10.2 Å². The summed E-state index contributed by atoms with van der Waals surface area (Å²) in [5.41, 5.74) is 2.48. The Hall–Kier alpha value is -2.62. The average molecular weight is 417 g/mol. The van der Waals surface area contributed by atoms with E-state index in [1.165, 1.54) is 5.56 Å². The van der Waals surface area contributed by atoms with Gasteiger partial charge >= 0.3 is 0 Å². The van der Waals surface area contributed by atoms with E-state index in [-0.39, 0.29) is 15.4 Å². The molecule has 0 bridgehead atoms. The zero-order chi connectivity index (χ0) is 20.1. The quantitative estimate of drug-likeness (QED) is 0.575. The first-order valence-electron chi connectivity index (χ1n) is 8.70. The van der Waals surface area contributed by atoms with Crippen molar-refractivity contribution in [3.63, 3.8) is 0 Å². The molecule has 1 aromatic heterocycles. The molecule has 0 unspecified atom stereocenters. The molecule has 146 valence electrons. The van der Waals surface area contributed by atoms with Crippen molar-refractivity contribution in [1.82, 2.24) is 14.9 Å². The lowest BCUT2D eigenvalue weighted by Crippen LogP contribution is -2.26. The summed E-state index contributed by atoms with van der Waals surface area (Å²) in [5, 5.41) is 10.2. The second-order valence-corrected chi connectivity index (χ2v) is 9.00. The van der Waals surface area contributed by atoms with Crippen molar-refractivity contribution in [2.24, 2.45) is 0 Å². The van der Waals surface area contributed by atoms with Gasteiger partial charge < -0.3 is 0 Å². The fourth-order valence-corrected chi connectivity index (χ4v) is 4.66. The third-order valence-electron chi connectivity index (χ3n) is 4.11. The monoisotopic (exact) mass is 416 g/mol. The Labute approximate surface area is 167 Å². The molecule has 0 saturated heterocycles. The molecule has 0 fully saturated rings. The van der Waals surface area contributed by atoms with Gasteiger partial charge in [0, 0.05) is 11.6 Å². The Morgan fingerprint density at radius 2 is 1.75 bits per heavy atom. The Morgan fingerprint density at radius 3 is 2.39 bits per heavy atom. The maximum atomic E-state index is 12.6. The van der Waals surface area contributed by atoms with Crippen LogP contribution in [0.15, 0.2) is 58.9 Å². The highest BCUT2D eigenvalue weighted by atomic mass is 32.2. The number of hydrogen-bond donors (Lipinski definition) is 2. The Bertz CT molecular complexity index is 1050. The number of aromatic nitrogens is 2. The molecular formula is C19H20N4O3S2. The molecule has 0 aliphatic carbocycles. The van der Waals surface area contributed by atoms with E-state index in [1.807, 2.05) is 24.3 Å². The van der Waals surface area contributed by atoms with E-state index in [2.05, 4.69) is 27.2 Å². The molecule has 2 N–H and O–H groups in total. The largest absolute Gasteiger partial charge is 0.296 e. The molecule has 0 spiro atoms. The molecule has 3 aromatic rings. The fourth-order valence-electron chi connectivity index (χ4n) is 2.52. The molecule has 0 radical (unpaired) electrons. The van der Waals surface area contributed by atoms with Crippen molar-refractivity contribution in [3.05, 3.63) is 71.3 Å². The van der Waals surface area contributed by atoms with Crippen LogP contribution in [0.25, 0.3) is 0 Å². The van der Waals surface area contributed by atoms with Gasteiger partial charge in [0.1, 0.15) is 0 Å². The Balaban J connectivity index is 1.69. The summed E-state index contributed by atoms with van der Waals surface area (Å²) < 4.78 is 27.6. The van der Waals surface area contributed by atoms with E-state index in [1.54, 1.807) is 37.3 Å². The van der Waals surface area contributed by atoms with E-state index >= 15 is 0 Å². The lowest BCUT2D eigenvalue weighted by molar-refractivity contribution is 0.102. The summed E-state index contributed by atoms with van der Waals surface area (Å²) in [6, 6.07) is 15.9. The number of aryl methyl sites for hydroxylation is 1. The van der Waals surface area contributed by atoms with Crippen molar-refractivity contribution in [1.29, 1.82) is 0 Å². The summed E-state index contributed by atoms with van der Waals surface area (Å²) in [7, 11) is -3.86. The lowest BCUT2D eigenvalue weighted by Gasteiger charge is -2.13. The number of carbonyl (C=O) groups excluding carboxylic acids is 1.